The zero-order valence-electron chi connectivity index (χ0n) is 10.7. The molecule has 1 aromatic carbocycles. The first-order valence-electron chi connectivity index (χ1n) is 6.52. The van der Waals surface area contributed by atoms with Gasteiger partial charge in [0.25, 0.3) is 0 Å². The van der Waals surface area contributed by atoms with E-state index in [9.17, 15) is 0 Å². The molecule has 2 nitrogen and oxygen atoms in total. The second-order valence-corrected chi connectivity index (χ2v) is 5.96. The minimum atomic E-state index is 0.493. The van der Waals surface area contributed by atoms with E-state index in [0.29, 0.717) is 11.1 Å². The third-order valence-electron chi connectivity index (χ3n) is 3.43. The molecule has 0 spiro atoms. The molecular formula is C15H14BrClN2. The molecule has 0 atom stereocenters. The highest BCUT2D eigenvalue weighted by Crippen LogP contribution is 2.44. The molecular weight excluding hydrogens is 324 g/mol. The van der Waals surface area contributed by atoms with Gasteiger partial charge < -0.3 is 0 Å². The highest BCUT2D eigenvalue weighted by atomic mass is 79.9. The van der Waals surface area contributed by atoms with Crippen molar-refractivity contribution < 1.29 is 0 Å². The van der Waals surface area contributed by atoms with E-state index in [0.717, 1.165) is 28.0 Å². The van der Waals surface area contributed by atoms with Gasteiger partial charge in [-0.15, -0.1) is 0 Å². The lowest BCUT2D eigenvalue weighted by atomic mass is 10.0. The van der Waals surface area contributed by atoms with Crippen LogP contribution in [-0.2, 0) is 6.42 Å². The number of hydrogen-bond donors (Lipinski definition) is 0. The van der Waals surface area contributed by atoms with Crippen LogP contribution in [0, 0.1) is 0 Å². The maximum atomic E-state index is 6.20. The molecule has 1 aromatic heterocycles. The number of aromatic nitrogens is 2. The van der Waals surface area contributed by atoms with Gasteiger partial charge in [0.05, 0.1) is 10.2 Å². The monoisotopic (exact) mass is 336 g/mol. The van der Waals surface area contributed by atoms with E-state index in [1.165, 1.54) is 18.4 Å². The molecule has 4 heteroatoms. The van der Waals surface area contributed by atoms with Crippen LogP contribution in [0.2, 0.25) is 5.15 Å². The van der Waals surface area contributed by atoms with E-state index in [2.05, 4.69) is 51.0 Å². The van der Waals surface area contributed by atoms with Crippen LogP contribution >= 0.6 is 27.5 Å². The van der Waals surface area contributed by atoms with Crippen molar-refractivity contribution >= 4 is 27.5 Å². The summed E-state index contributed by atoms with van der Waals surface area (Å²) in [6, 6.07) is 8.38. The van der Waals surface area contributed by atoms with Crippen molar-refractivity contribution in [3.63, 3.8) is 0 Å². The first-order chi connectivity index (χ1) is 9.20. The number of nitrogens with zero attached hydrogens (tertiary/aromatic N) is 2. The molecule has 0 radical (unpaired) electrons. The summed E-state index contributed by atoms with van der Waals surface area (Å²) in [5.41, 5.74) is 3.43. The van der Waals surface area contributed by atoms with Gasteiger partial charge in [0.15, 0.2) is 5.82 Å². The fourth-order valence-corrected chi connectivity index (χ4v) is 2.92. The Hall–Kier alpha value is -0.930. The summed E-state index contributed by atoms with van der Waals surface area (Å²) in [5.74, 6) is 1.42. The van der Waals surface area contributed by atoms with Crippen LogP contribution in [0.1, 0.15) is 36.9 Å². The maximum absolute atomic E-state index is 6.20. The number of aryl methyl sites for hydroxylation is 1. The molecule has 1 saturated carbocycles. The van der Waals surface area contributed by atoms with Crippen molar-refractivity contribution in [1.29, 1.82) is 0 Å². The Morgan fingerprint density at radius 3 is 2.68 bits per heavy atom. The minimum Gasteiger partial charge on any atom is -0.232 e. The van der Waals surface area contributed by atoms with Crippen LogP contribution in [0.3, 0.4) is 0 Å². The van der Waals surface area contributed by atoms with Gasteiger partial charge in [-0.2, -0.15) is 0 Å². The van der Waals surface area contributed by atoms with Gasteiger partial charge in [0.2, 0.25) is 0 Å². The van der Waals surface area contributed by atoms with Crippen molar-refractivity contribution in [3.8, 4) is 11.4 Å². The SMILES string of the molecule is CCc1nc(-c2ccccc2C2CC2)nc(Cl)c1Br. The predicted octanol–water partition coefficient (Wildman–Crippen LogP) is 5.00. The number of halogens is 2. The number of rotatable bonds is 3. The summed E-state index contributed by atoms with van der Waals surface area (Å²) in [5, 5.41) is 0.493. The van der Waals surface area contributed by atoms with Crippen LogP contribution < -0.4 is 0 Å². The second-order valence-electron chi connectivity index (χ2n) is 4.81. The fourth-order valence-electron chi connectivity index (χ4n) is 2.27. The highest BCUT2D eigenvalue weighted by Gasteiger charge is 2.27. The first-order valence-corrected chi connectivity index (χ1v) is 7.69. The lowest BCUT2D eigenvalue weighted by Crippen LogP contribution is -1.99. The van der Waals surface area contributed by atoms with E-state index in [1.807, 2.05) is 6.07 Å². The van der Waals surface area contributed by atoms with Crippen LogP contribution in [0.15, 0.2) is 28.7 Å². The number of benzene rings is 1. The Balaban J connectivity index is 2.14. The Kier molecular flexibility index (Phi) is 3.59. The third-order valence-corrected chi connectivity index (χ3v) is 4.77. The molecule has 98 valence electrons. The molecule has 1 fully saturated rings. The van der Waals surface area contributed by atoms with E-state index in [1.54, 1.807) is 0 Å². The molecule has 0 aliphatic heterocycles. The summed E-state index contributed by atoms with van der Waals surface area (Å²) in [4.78, 5) is 9.08. The highest BCUT2D eigenvalue weighted by molar-refractivity contribution is 9.10. The van der Waals surface area contributed by atoms with E-state index in [-0.39, 0.29) is 0 Å². The average Bonchev–Trinajstić information content (AvgIpc) is 3.26. The largest absolute Gasteiger partial charge is 0.232 e. The molecule has 1 heterocycles. The van der Waals surface area contributed by atoms with Gasteiger partial charge in [-0.05, 0) is 46.7 Å². The smallest absolute Gasteiger partial charge is 0.161 e. The molecule has 19 heavy (non-hydrogen) atoms. The van der Waals surface area contributed by atoms with Crippen LogP contribution in [0.4, 0.5) is 0 Å². The Morgan fingerprint density at radius 1 is 1.26 bits per heavy atom. The maximum Gasteiger partial charge on any atom is 0.161 e. The van der Waals surface area contributed by atoms with Crippen molar-refractivity contribution in [2.75, 3.05) is 0 Å². The average molecular weight is 338 g/mol. The summed E-state index contributed by atoms with van der Waals surface area (Å²) < 4.78 is 0.810. The van der Waals surface area contributed by atoms with Crippen LogP contribution in [-0.4, -0.2) is 9.97 Å². The standard InChI is InChI=1S/C15H14BrClN2/c1-2-12-13(16)14(17)19-15(18-12)11-6-4-3-5-10(11)9-7-8-9/h3-6,9H,2,7-8H2,1H3. The van der Waals surface area contributed by atoms with Crippen LogP contribution in [0.5, 0.6) is 0 Å². The summed E-state index contributed by atoms with van der Waals surface area (Å²) in [6.07, 6.45) is 3.37. The first kappa shape index (κ1) is 13.1. The molecule has 2 aromatic rings. The van der Waals surface area contributed by atoms with Gasteiger partial charge >= 0.3 is 0 Å². The van der Waals surface area contributed by atoms with Crippen molar-refractivity contribution in [2.24, 2.45) is 0 Å². The van der Waals surface area contributed by atoms with Gasteiger partial charge in [0, 0.05) is 5.56 Å². The Labute approximate surface area is 126 Å². The van der Waals surface area contributed by atoms with Crippen molar-refractivity contribution in [2.45, 2.75) is 32.1 Å². The molecule has 1 aliphatic carbocycles. The van der Waals surface area contributed by atoms with Gasteiger partial charge in [-0.25, -0.2) is 9.97 Å². The van der Waals surface area contributed by atoms with Gasteiger partial charge in [-0.3, -0.25) is 0 Å². The van der Waals surface area contributed by atoms with Crippen LogP contribution in [0.25, 0.3) is 11.4 Å². The second kappa shape index (κ2) is 5.22. The van der Waals surface area contributed by atoms with Crippen molar-refractivity contribution in [1.82, 2.24) is 9.97 Å². The predicted molar refractivity (Wildman–Crippen MR) is 81.5 cm³/mol. The molecule has 3 rings (SSSR count). The third kappa shape index (κ3) is 2.54. The van der Waals surface area contributed by atoms with Gasteiger partial charge in [-0.1, -0.05) is 42.8 Å². The molecule has 0 saturated heterocycles. The van der Waals surface area contributed by atoms with E-state index < -0.39 is 0 Å². The number of hydrogen-bond acceptors (Lipinski definition) is 2. The molecule has 0 amide bonds. The topological polar surface area (TPSA) is 25.8 Å². The lowest BCUT2D eigenvalue weighted by molar-refractivity contribution is 0.985. The van der Waals surface area contributed by atoms with E-state index >= 15 is 0 Å². The summed E-state index contributed by atoms with van der Waals surface area (Å²) in [6.45, 7) is 2.07. The zero-order valence-corrected chi connectivity index (χ0v) is 13.0. The Bertz CT molecular complexity index is 624. The molecule has 1 aliphatic rings. The zero-order chi connectivity index (χ0) is 13.4. The molecule has 0 N–H and O–H groups in total. The molecule has 0 bridgehead atoms. The minimum absolute atomic E-state index is 0.493. The Morgan fingerprint density at radius 2 is 2.00 bits per heavy atom. The van der Waals surface area contributed by atoms with E-state index in [4.69, 9.17) is 11.6 Å². The normalized spacial score (nSPS) is 14.7. The summed E-state index contributed by atoms with van der Waals surface area (Å²) >= 11 is 9.65. The lowest BCUT2D eigenvalue weighted by Gasteiger charge is -2.10. The quantitative estimate of drug-likeness (QED) is 0.737. The molecule has 0 unspecified atom stereocenters. The summed E-state index contributed by atoms with van der Waals surface area (Å²) in [7, 11) is 0. The van der Waals surface area contributed by atoms with Gasteiger partial charge in [0.1, 0.15) is 5.15 Å². The fraction of sp³-hybridized carbons (Fsp3) is 0.333. The van der Waals surface area contributed by atoms with Crippen molar-refractivity contribution in [3.05, 3.63) is 45.1 Å².